The number of guanidine groups is 1. The maximum absolute atomic E-state index is 5.63. The third-order valence-electron chi connectivity index (χ3n) is 4.71. The molecule has 1 fully saturated rings. The largest absolute Gasteiger partial charge is 0.376 e. The number of aliphatic imine (C=N–C) groups is 1. The second kappa shape index (κ2) is 12.5. The number of nitrogens with zero attached hydrogens (tertiary/aromatic N) is 3. The lowest BCUT2D eigenvalue weighted by Crippen LogP contribution is -2.40. The number of nitrogens with one attached hydrogen (secondary N) is 2. The highest BCUT2D eigenvalue weighted by atomic mass is 127. The van der Waals surface area contributed by atoms with Crippen molar-refractivity contribution in [2.45, 2.75) is 39.5 Å². The van der Waals surface area contributed by atoms with Crippen LogP contribution >= 0.6 is 35.3 Å². The quantitative estimate of drug-likeness (QED) is 0.328. The topological polar surface area (TPSA) is 61.8 Å². The van der Waals surface area contributed by atoms with Crippen LogP contribution in [-0.2, 0) is 24.2 Å². The van der Waals surface area contributed by atoms with Crippen molar-refractivity contribution in [2.24, 2.45) is 4.99 Å². The van der Waals surface area contributed by atoms with Crippen molar-refractivity contribution in [3.63, 3.8) is 0 Å². The zero-order valence-corrected chi connectivity index (χ0v) is 20.6. The Kier molecular flexibility index (Phi) is 10.3. The number of hydrogen-bond acceptors (Lipinski definition) is 5. The van der Waals surface area contributed by atoms with Gasteiger partial charge in [0, 0.05) is 57.3 Å². The minimum atomic E-state index is 0. The van der Waals surface area contributed by atoms with Crippen LogP contribution in [0, 0.1) is 6.92 Å². The molecule has 0 amide bonds. The first-order chi connectivity index (χ1) is 13.6. The molecule has 8 heteroatoms. The number of halogens is 1. The third-order valence-corrected chi connectivity index (χ3v) is 5.68. The Morgan fingerprint density at radius 3 is 2.90 bits per heavy atom. The second-order valence-electron chi connectivity index (χ2n) is 7.20. The van der Waals surface area contributed by atoms with Crippen LogP contribution in [0.5, 0.6) is 0 Å². The van der Waals surface area contributed by atoms with Gasteiger partial charge in [-0.25, -0.2) is 4.98 Å². The van der Waals surface area contributed by atoms with Gasteiger partial charge in [0.05, 0.1) is 17.7 Å². The van der Waals surface area contributed by atoms with Gasteiger partial charge in [-0.05, 0) is 25.0 Å². The van der Waals surface area contributed by atoms with E-state index in [1.54, 1.807) is 18.4 Å². The number of benzene rings is 1. The molecule has 3 rings (SSSR count). The molecule has 2 aromatic rings. The number of ether oxygens (including phenoxy) is 1. The van der Waals surface area contributed by atoms with Crippen molar-refractivity contribution in [1.82, 2.24) is 20.5 Å². The summed E-state index contributed by atoms with van der Waals surface area (Å²) in [5.74, 6) is 0.820. The van der Waals surface area contributed by atoms with E-state index in [1.807, 2.05) is 6.20 Å². The minimum Gasteiger partial charge on any atom is -0.376 e. The summed E-state index contributed by atoms with van der Waals surface area (Å²) in [7, 11) is 1.80. The Labute approximate surface area is 195 Å². The average molecular weight is 529 g/mol. The maximum Gasteiger partial charge on any atom is 0.191 e. The van der Waals surface area contributed by atoms with Crippen LogP contribution in [-0.4, -0.2) is 55.2 Å². The molecule has 0 aliphatic carbocycles. The Morgan fingerprint density at radius 2 is 2.17 bits per heavy atom. The van der Waals surface area contributed by atoms with Crippen LogP contribution in [0.4, 0.5) is 0 Å². The molecule has 1 aromatic carbocycles. The Morgan fingerprint density at radius 1 is 1.34 bits per heavy atom. The van der Waals surface area contributed by atoms with Gasteiger partial charge < -0.3 is 15.4 Å². The van der Waals surface area contributed by atoms with Gasteiger partial charge in [0.25, 0.3) is 0 Å². The number of rotatable bonds is 7. The fourth-order valence-electron chi connectivity index (χ4n) is 3.34. The summed E-state index contributed by atoms with van der Waals surface area (Å²) in [6, 6.07) is 8.77. The summed E-state index contributed by atoms with van der Waals surface area (Å²) < 4.78 is 5.63. The molecule has 29 heavy (non-hydrogen) atoms. The Hall–Kier alpha value is -1.23. The molecule has 0 radical (unpaired) electrons. The molecular weight excluding hydrogens is 497 g/mol. The number of aromatic nitrogens is 1. The number of morpholine rings is 1. The van der Waals surface area contributed by atoms with Crippen molar-refractivity contribution < 1.29 is 4.74 Å². The van der Waals surface area contributed by atoms with Gasteiger partial charge in [-0.3, -0.25) is 9.89 Å². The fraction of sp³-hybridized carbons (Fsp3) is 0.524. The van der Waals surface area contributed by atoms with E-state index in [4.69, 9.17) is 4.74 Å². The number of thiazole rings is 1. The van der Waals surface area contributed by atoms with Crippen LogP contribution in [0.3, 0.4) is 0 Å². The van der Waals surface area contributed by atoms with E-state index >= 15 is 0 Å². The van der Waals surface area contributed by atoms with Gasteiger partial charge in [-0.15, -0.1) is 35.3 Å². The Bertz CT molecular complexity index is 782. The van der Waals surface area contributed by atoms with Gasteiger partial charge in [-0.1, -0.05) is 24.3 Å². The van der Waals surface area contributed by atoms with Crippen LogP contribution < -0.4 is 10.6 Å². The highest BCUT2D eigenvalue weighted by Gasteiger charge is 2.16. The zero-order valence-electron chi connectivity index (χ0n) is 17.5. The lowest BCUT2D eigenvalue weighted by Gasteiger charge is -2.31. The highest BCUT2D eigenvalue weighted by molar-refractivity contribution is 14.0. The highest BCUT2D eigenvalue weighted by Crippen LogP contribution is 2.12. The lowest BCUT2D eigenvalue weighted by atomic mass is 10.1. The van der Waals surface area contributed by atoms with Crippen LogP contribution in [0.25, 0.3) is 0 Å². The van der Waals surface area contributed by atoms with Gasteiger partial charge in [0.1, 0.15) is 0 Å². The minimum absolute atomic E-state index is 0. The van der Waals surface area contributed by atoms with Crippen LogP contribution in [0.15, 0.2) is 35.5 Å². The summed E-state index contributed by atoms with van der Waals surface area (Å²) in [6.07, 6.45) is 3.16. The van der Waals surface area contributed by atoms with E-state index in [1.165, 1.54) is 16.0 Å². The summed E-state index contributed by atoms with van der Waals surface area (Å²) in [5, 5.41) is 7.93. The molecular formula is C21H32IN5OS. The van der Waals surface area contributed by atoms with Crippen molar-refractivity contribution >= 4 is 41.3 Å². The molecule has 2 heterocycles. The SMILES string of the molecule is CN=C(NCCc1ncc(C)s1)NCc1cccc(CN2CCOC(C)C2)c1.I. The van der Waals surface area contributed by atoms with E-state index in [0.29, 0.717) is 6.10 Å². The molecule has 1 aromatic heterocycles. The summed E-state index contributed by atoms with van der Waals surface area (Å²) in [4.78, 5) is 12.4. The second-order valence-corrected chi connectivity index (χ2v) is 8.52. The molecule has 160 valence electrons. The zero-order chi connectivity index (χ0) is 19.8. The molecule has 2 N–H and O–H groups in total. The van der Waals surface area contributed by atoms with Crippen molar-refractivity contribution in [1.29, 1.82) is 0 Å². The summed E-state index contributed by atoms with van der Waals surface area (Å²) >= 11 is 1.75. The molecule has 0 spiro atoms. The first kappa shape index (κ1) is 24.0. The van der Waals surface area contributed by atoms with Crippen molar-refractivity contribution in [2.75, 3.05) is 33.3 Å². The standard InChI is InChI=1S/C21H31N5OS.HI/c1-16-14-26(9-10-27-16)15-19-6-4-5-18(11-19)13-25-21(22-3)23-8-7-20-24-12-17(2)28-20;/h4-6,11-12,16H,7-10,13-15H2,1-3H3,(H2,22,23,25);1H. The van der Waals surface area contributed by atoms with E-state index in [9.17, 15) is 0 Å². The first-order valence-electron chi connectivity index (χ1n) is 9.90. The molecule has 0 bridgehead atoms. The molecule has 0 saturated carbocycles. The summed E-state index contributed by atoms with van der Waals surface area (Å²) in [5.41, 5.74) is 2.60. The number of aryl methyl sites for hydroxylation is 1. The molecule has 1 aliphatic heterocycles. The molecule has 1 aliphatic rings. The van der Waals surface area contributed by atoms with Crippen LogP contribution in [0.1, 0.15) is 27.9 Å². The predicted molar refractivity (Wildman–Crippen MR) is 131 cm³/mol. The van der Waals surface area contributed by atoms with Gasteiger partial charge in [-0.2, -0.15) is 0 Å². The van der Waals surface area contributed by atoms with E-state index < -0.39 is 0 Å². The van der Waals surface area contributed by atoms with Gasteiger partial charge in [0.15, 0.2) is 5.96 Å². The lowest BCUT2D eigenvalue weighted by molar-refractivity contribution is -0.0212. The molecule has 6 nitrogen and oxygen atoms in total. The van der Waals surface area contributed by atoms with Crippen molar-refractivity contribution in [3.05, 3.63) is 51.5 Å². The maximum atomic E-state index is 5.63. The molecule has 1 unspecified atom stereocenters. The van der Waals surface area contributed by atoms with E-state index in [0.717, 1.165) is 56.7 Å². The predicted octanol–water partition coefficient (Wildman–Crippen LogP) is 3.20. The molecule has 1 atom stereocenters. The van der Waals surface area contributed by atoms with E-state index in [-0.39, 0.29) is 24.0 Å². The normalized spacial score (nSPS) is 17.6. The molecule has 1 saturated heterocycles. The first-order valence-corrected chi connectivity index (χ1v) is 10.7. The third kappa shape index (κ3) is 8.19. The smallest absolute Gasteiger partial charge is 0.191 e. The monoisotopic (exact) mass is 529 g/mol. The average Bonchev–Trinajstić information content (AvgIpc) is 3.10. The summed E-state index contributed by atoms with van der Waals surface area (Å²) in [6.45, 7) is 9.60. The Balaban J connectivity index is 0.00000300. The fourth-order valence-corrected chi connectivity index (χ4v) is 4.13. The van der Waals surface area contributed by atoms with E-state index in [2.05, 4.69) is 63.6 Å². The number of hydrogen-bond donors (Lipinski definition) is 2. The van der Waals surface area contributed by atoms with Crippen molar-refractivity contribution in [3.8, 4) is 0 Å². The van der Waals surface area contributed by atoms with Crippen LogP contribution in [0.2, 0.25) is 0 Å². The van der Waals surface area contributed by atoms with Gasteiger partial charge in [0.2, 0.25) is 0 Å². The van der Waals surface area contributed by atoms with Gasteiger partial charge >= 0.3 is 0 Å².